The van der Waals surface area contributed by atoms with Gasteiger partial charge < -0.3 is 14.9 Å². The summed E-state index contributed by atoms with van der Waals surface area (Å²) in [6, 6.07) is 4.22. The van der Waals surface area contributed by atoms with E-state index in [0.29, 0.717) is 12.0 Å². The molecule has 0 saturated heterocycles. The van der Waals surface area contributed by atoms with E-state index in [-0.39, 0.29) is 24.7 Å². The second kappa shape index (κ2) is 6.17. The molecule has 0 amide bonds. The molecule has 1 aromatic carbocycles. The summed E-state index contributed by atoms with van der Waals surface area (Å²) in [5.41, 5.74) is 0.236. The number of hydrogen-bond acceptors (Lipinski definition) is 5. The minimum Gasteiger partial charge on any atom is -0.484 e. The van der Waals surface area contributed by atoms with Crippen LogP contribution in [0.1, 0.15) is 18.9 Å². The molecule has 6 heteroatoms. The first-order chi connectivity index (χ1) is 8.08. The standard InChI is InChI=1S/C11H15NO5/c1-2-9(14)7-17-11-4-3-8(6-13)5-10(11)12(15)16/h3-5,9,13-14H,2,6-7H2,1H3. The average Bonchev–Trinajstić information content (AvgIpc) is 2.35. The molecule has 0 fully saturated rings. The van der Waals surface area contributed by atoms with Crippen LogP contribution in [0.3, 0.4) is 0 Å². The summed E-state index contributed by atoms with van der Waals surface area (Å²) >= 11 is 0. The molecule has 0 spiro atoms. The van der Waals surface area contributed by atoms with Gasteiger partial charge >= 0.3 is 5.69 Å². The number of hydrogen-bond donors (Lipinski definition) is 2. The highest BCUT2D eigenvalue weighted by Gasteiger charge is 2.16. The van der Waals surface area contributed by atoms with E-state index in [1.165, 1.54) is 12.1 Å². The number of nitro groups is 1. The third-order valence-electron chi connectivity index (χ3n) is 2.31. The third-order valence-corrected chi connectivity index (χ3v) is 2.31. The number of nitro benzene ring substituents is 1. The lowest BCUT2D eigenvalue weighted by atomic mass is 10.2. The smallest absolute Gasteiger partial charge is 0.311 e. The zero-order valence-corrected chi connectivity index (χ0v) is 9.50. The first-order valence-electron chi connectivity index (χ1n) is 5.27. The average molecular weight is 241 g/mol. The van der Waals surface area contributed by atoms with Gasteiger partial charge in [0.2, 0.25) is 0 Å². The molecular formula is C11H15NO5. The van der Waals surface area contributed by atoms with Gasteiger partial charge in [-0.05, 0) is 18.1 Å². The van der Waals surface area contributed by atoms with Gasteiger partial charge in [-0.3, -0.25) is 10.1 Å². The minimum atomic E-state index is -0.646. The van der Waals surface area contributed by atoms with Crippen LogP contribution < -0.4 is 4.74 Å². The number of nitrogens with zero attached hydrogens (tertiary/aromatic N) is 1. The number of aliphatic hydroxyl groups is 2. The van der Waals surface area contributed by atoms with Crippen molar-refractivity contribution < 1.29 is 19.9 Å². The summed E-state index contributed by atoms with van der Waals surface area (Å²) in [6.45, 7) is 1.53. The van der Waals surface area contributed by atoms with Gasteiger partial charge in [0, 0.05) is 6.07 Å². The molecule has 2 N–H and O–H groups in total. The van der Waals surface area contributed by atoms with Crippen molar-refractivity contribution in [1.29, 1.82) is 0 Å². The van der Waals surface area contributed by atoms with Gasteiger partial charge in [-0.15, -0.1) is 0 Å². The maximum absolute atomic E-state index is 10.8. The van der Waals surface area contributed by atoms with E-state index in [4.69, 9.17) is 9.84 Å². The summed E-state index contributed by atoms with van der Waals surface area (Å²) in [7, 11) is 0. The largest absolute Gasteiger partial charge is 0.484 e. The summed E-state index contributed by atoms with van der Waals surface area (Å²) in [4.78, 5) is 10.2. The van der Waals surface area contributed by atoms with E-state index in [9.17, 15) is 15.2 Å². The quantitative estimate of drug-likeness (QED) is 0.577. The SMILES string of the molecule is CCC(O)COc1ccc(CO)cc1[N+](=O)[O-]. The van der Waals surface area contributed by atoms with Crippen molar-refractivity contribution in [2.24, 2.45) is 0 Å². The van der Waals surface area contributed by atoms with Crippen LogP contribution in [-0.2, 0) is 6.61 Å². The van der Waals surface area contributed by atoms with Crippen LogP contribution in [0.2, 0.25) is 0 Å². The maximum atomic E-state index is 10.8. The van der Waals surface area contributed by atoms with Gasteiger partial charge in [0.15, 0.2) is 5.75 Å². The van der Waals surface area contributed by atoms with Crippen molar-refractivity contribution in [3.63, 3.8) is 0 Å². The van der Waals surface area contributed by atoms with E-state index >= 15 is 0 Å². The Kier molecular flexibility index (Phi) is 4.86. The summed E-state index contributed by atoms with van der Waals surface area (Å²) < 4.78 is 5.18. The summed E-state index contributed by atoms with van der Waals surface area (Å²) in [5, 5.41) is 29.0. The molecule has 17 heavy (non-hydrogen) atoms. The number of ether oxygens (including phenoxy) is 1. The van der Waals surface area contributed by atoms with Crippen LogP contribution in [0.15, 0.2) is 18.2 Å². The first-order valence-corrected chi connectivity index (χ1v) is 5.27. The highest BCUT2D eigenvalue weighted by molar-refractivity contribution is 5.48. The fraction of sp³-hybridized carbons (Fsp3) is 0.455. The molecule has 0 aliphatic rings. The summed E-state index contributed by atoms with van der Waals surface area (Å²) in [5.74, 6) is 0.0969. The van der Waals surface area contributed by atoms with E-state index < -0.39 is 11.0 Å². The van der Waals surface area contributed by atoms with Gasteiger partial charge in [0.1, 0.15) is 6.61 Å². The molecule has 1 unspecified atom stereocenters. The molecular weight excluding hydrogens is 226 g/mol. The molecule has 0 bridgehead atoms. The number of benzene rings is 1. The van der Waals surface area contributed by atoms with Crippen molar-refractivity contribution in [2.75, 3.05) is 6.61 Å². The highest BCUT2D eigenvalue weighted by Crippen LogP contribution is 2.28. The van der Waals surface area contributed by atoms with E-state index in [1.807, 2.05) is 0 Å². The lowest BCUT2D eigenvalue weighted by Crippen LogP contribution is -2.16. The molecule has 1 aromatic rings. The highest BCUT2D eigenvalue weighted by atomic mass is 16.6. The molecule has 0 aliphatic heterocycles. The Labute approximate surface area is 98.6 Å². The number of aliphatic hydroxyl groups excluding tert-OH is 2. The second-order valence-corrected chi connectivity index (χ2v) is 3.59. The van der Waals surface area contributed by atoms with E-state index in [2.05, 4.69) is 0 Å². The van der Waals surface area contributed by atoms with Crippen LogP contribution in [-0.4, -0.2) is 27.8 Å². The molecule has 1 atom stereocenters. The predicted molar refractivity (Wildman–Crippen MR) is 60.8 cm³/mol. The van der Waals surface area contributed by atoms with Crippen LogP contribution >= 0.6 is 0 Å². The Morgan fingerprint density at radius 1 is 1.53 bits per heavy atom. The second-order valence-electron chi connectivity index (χ2n) is 3.59. The van der Waals surface area contributed by atoms with Crippen LogP contribution in [0.25, 0.3) is 0 Å². The van der Waals surface area contributed by atoms with Crippen molar-refractivity contribution >= 4 is 5.69 Å². The molecule has 0 saturated carbocycles. The van der Waals surface area contributed by atoms with Gasteiger partial charge in [0.05, 0.1) is 17.6 Å². The Hall–Kier alpha value is -1.66. The lowest BCUT2D eigenvalue weighted by Gasteiger charge is -2.10. The molecule has 0 radical (unpaired) electrons. The maximum Gasteiger partial charge on any atom is 0.311 e. The molecule has 1 rings (SSSR count). The Morgan fingerprint density at radius 3 is 2.76 bits per heavy atom. The predicted octanol–water partition coefficient (Wildman–Crippen LogP) is 1.24. The van der Waals surface area contributed by atoms with Crippen LogP contribution in [0.4, 0.5) is 5.69 Å². The van der Waals surface area contributed by atoms with E-state index in [1.54, 1.807) is 13.0 Å². The zero-order valence-electron chi connectivity index (χ0n) is 9.50. The topological polar surface area (TPSA) is 92.8 Å². The van der Waals surface area contributed by atoms with Crippen LogP contribution in [0, 0.1) is 10.1 Å². The first kappa shape index (κ1) is 13.4. The number of rotatable bonds is 6. The van der Waals surface area contributed by atoms with Gasteiger partial charge in [0.25, 0.3) is 0 Å². The van der Waals surface area contributed by atoms with Crippen molar-refractivity contribution in [2.45, 2.75) is 26.1 Å². The minimum absolute atomic E-state index is 0.00973. The molecule has 0 aromatic heterocycles. The van der Waals surface area contributed by atoms with Crippen molar-refractivity contribution in [1.82, 2.24) is 0 Å². The van der Waals surface area contributed by atoms with E-state index in [0.717, 1.165) is 0 Å². The molecule has 0 aliphatic carbocycles. The Balaban J connectivity index is 2.87. The van der Waals surface area contributed by atoms with Crippen molar-refractivity contribution in [3.8, 4) is 5.75 Å². The van der Waals surface area contributed by atoms with Gasteiger partial charge in [-0.25, -0.2) is 0 Å². The van der Waals surface area contributed by atoms with Crippen LogP contribution in [0.5, 0.6) is 5.75 Å². The lowest BCUT2D eigenvalue weighted by molar-refractivity contribution is -0.386. The Bertz CT molecular complexity index is 393. The molecule has 6 nitrogen and oxygen atoms in total. The fourth-order valence-corrected chi connectivity index (χ4v) is 1.23. The van der Waals surface area contributed by atoms with Crippen molar-refractivity contribution in [3.05, 3.63) is 33.9 Å². The molecule has 94 valence electrons. The van der Waals surface area contributed by atoms with Gasteiger partial charge in [-0.1, -0.05) is 13.0 Å². The third kappa shape index (κ3) is 3.69. The van der Waals surface area contributed by atoms with Gasteiger partial charge in [-0.2, -0.15) is 0 Å². The molecule has 0 heterocycles. The zero-order chi connectivity index (χ0) is 12.8. The monoisotopic (exact) mass is 241 g/mol. The normalized spacial score (nSPS) is 12.2. The summed E-state index contributed by atoms with van der Waals surface area (Å²) in [6.07, 6.45) is -0.130. The fourth-order valence-electron chi connectivity index (χ4n) is 1.23. The Morgan fingerprint density at radius 2 is 2.24 bits per heavy atom.